The maximum atomic E-state index is 11.8. The minimum Gasteiger partial charge on any atom is -0.478 e. The minimum absolute atomic E-state index is 0.00676. The van der Waals surface area contributed by atoms with E-state index < -0.39 is 5.97 Å². The first kappa shape index (κ1) is 27.5. The summed E-state index contributed by atoms with van der Waals surface area (Å²) in [5.74, 6) is 0.894. The van der Waals surface area contributed by atoms with E-state index in [4.69, 9.17) is 4.74 Å². The van der Waals surface area contributed by atoms with Crippen molar-refractivity contribution in [2.24, 2.45) is 39.4 Å². The lowest BCUT2D eigenvalue weighted by Gasteiger charge is -2.62. The predicted octanol–water partition coefficient (Wildman–Crippen LogP) is 8.11. The molecule has 4 rings (SSSR count). The molecule has 0 spiro atoms. The molecule has 0 saturated heterocycles. The van der Waals surface area contributed by atoms with Gasteiger partial charge >= 0.3 is 11.9 Å². The normalized spacial score (nSPS) is 40.7. The topological polar surface area (TPSA) is 63.6 Å². The van der Waals surface area contributed by atoms with Crippen molar-refractivity contribution in [3.63, 3.8) is 0 Å². The number of esters is 1. The van der Waals surface area contributed by atoms with Gasteiger partial charge in [-0.2, -0.15) is 0 Å². The van der Waals surface area contributed by atoms with Crippen LogP contribution in [0.1, 0.15) is 120 Å². The van der Waals surface area contributed by atoms with E-state index in [0.29, 0.717) is 28.7 Å². The highest BCUT2D eigenvalue weighted by Gasteiger charge is 2.63. The summed E-state index contributed by atoms with van der Waals surface area (Å²) in [6.45, 7) is 18.1. The van der Waals surface area contributed by atoms with Crippen LogP contribution in [0.2, 0.25) is 0 Å². The third kappa shape index (κ3) is 4.09. The number of carbonyl (C=O) groups is 2. The van der Waals surface area contributed by atoms with Crippen LogP contribution in [-0.4, -0.2) is 23.1 Å². The summed E-state index contributed by atoms with van der Waals surface area (Å²) in [6, 6.07) is 0. The standard InChI is InChI=1S/C32H50O4/c1-20(10-9-11-21(2)28(34)35)23-14-18-32(8)25-12-13-26-29(4,5)27(36-22(3)33)16-17-30(26,6)24(25)15-19-31(23,32)7/h11,20,23,26-27H,9-10,12-19H2,1-8H3,(H,34,35)/b21-11-/t20-,23-,26?,27?,30+,31-,32+/m0/s1. The summed E-state index contributed by atoms with van der Waals surface area (Å²) in [6.07, 6.45) is 13.4. The van der Waals surface area contributed by atoms with Crippen molar-refractivity contribution < 1.29 is 19.4 Å². The molecule has 0 aromatic rings. The third-order valence-corrected chi connectivity index (χ3v) is 12.2. The second-order valence-electron chi connectivity index (χ2n) is 14.1. The van der Waals surface area contributed by atoms with Gasteiger partial charge in [0.2, 0.25) is 0 Å². The van der Waals surface area contributed by atoms with Gasteiger partial charge in [-0.3, -0.25) is 4.79 Å². The first-order chi connectivity index (χ1) is 16.7. The summed E-state index contributed by atoms with van der Waals surface area (Å²) in [5, 5.41) is 9.19. The molecule has 4 aliphatic carbocycles. The Morgan fingerprint density at radius 3 is 2.33 bits per heavy atom. The largest absolute Gasteiger partial charge is 0.478 e. The van der Waals surface area contributed by atoms with E-state index in [-0.39, 0.29) is 28.3 Å². The number of carbonyl (C=O) groups excluding carboxylic acids is 1. The Bertz CT molecular complexity index is 973. The number of ether oxygens (including phenoxy) is 1. The van der Waals surface area contributed by atoms with Crippen molar-refractivity contribution in [2.75, 3.05) is 0 Å². The van der Waals surface area contributed by atoms with Crippen molar-refractivity contribution in [1.82, 2.24) is 0 Å². The van der Waals surface area contributed by atoms with Crippen LogP contribution in [0.4, 0.5) is 0 Å². The second kappa shape index (κ2) is 9.31. The first-order valence-corrected chi connectivity index (χ1v) is 14.5. The molecule has 2 fully saturated rings. The van der Waals surface area contributed by atoms with E-state index >= 15 is 0 Å². The Kier molecular flexibility index (Phi) is 7.10. The lowest BCUT2D eigenvalue weighted by Crippen LogP contribution is -2.55. The van der Waals surface area contributed by atoms with Gasteiger partial charge in [0.15, 0.2) is 0 Å². The van der Waals surface area contributed by atoms with Gasteiger partial charge in [0.05, 0.1) is 0 Å². The molecule has 4 aliphatic rings. The van der Waals surface area contributed by atoms with Crippen LogP contribution in [0.5, 0.6) is 0 Å². The average Bonchev–Trinajstić information content (AvgIpc) is 3.07. The quantitative estimate of drug-likeness (QED) is 0.228. The number of carboxylic acid groups (broad SMARTS) is 1. The van der Waals surface area contributed by atoms with Crippen LogP contribution in [0.3, 0.4) is 0 Å². The fourth-order valence-electron chi connectivity index (χ4n) is 9.88. The number of fused-ring (bicyclic) bond motifs is 4. The minimum atomic E-state index is -0.802. The number of hydrogen-bond donors (Lipinski definition) is 1. The van der Waals surface area contributed by atoms with E-state index in [1.54, 1.807) is 25.0 Å². The highest BCUT2D eigenvalue weighted by atomic mass is 16.5. The fourth-order valence-corrected chi connectivity index (χ4v) is 9.88. The summed E-state index contributed by atoms with van der Waals surface area (Å²) in [7, 11) is 0. The summed E-state index contributed by atoms with van der Waals surface area (Å²) in [5.41, 5.74) is 4.79. The van der Waals surface area contributed by atoms with Gasteiger partial charge < -0.3 is 9.84 Å². The maximum absolute atomic E-state index is 11.8. The lowest BCUT2D eigenvalue weighted by molar-refractivity contribution is -0.167. The number of hydrogen-bond acceptors (Lipinski definition) is 3. The molecule has 0 aliphatic heterocycles. The maximum Gasteiger partial charge on any atom is 0.330 e. The Morgan fingerprint density at radius 2 is 1.69 bits per heavy atom. The molecule has 0 heterocycles. The smallest absolute Gasteiger partial charge is 0.330 e. The Balaban J connectivity index is 1.59. The van der Waals surface area contributed by atoms with Gasteiger partial charge in [-0.05, 0) is 105 Å². The SMILES string of the molecule is CC(=O)OC1CC[C@]2(C)C3=C(CCC2C1(C)C)[C@@]1(C)CC[C@@H]([C@@H](C)CC/C=C(/C)C(=O)O)[C@]1(C)CC3. The molecule has 2 unspecified atom stereocenters. The molecule has 0 aromatic heterocycles. The van der Waals surface area contributed by atoms with E-state index in [1.807, 2.05) is 6.08 Å². The zero-order valence-electron chi connectivity index (χ0n) is 24.1. The zero-order valence-corrected chi connectivity index (χ0v) is 24.1. The Hall–Kier alpha value is -1.58. The molecule has 4 heteroatoms. The molecular formula is C32H50O4. The van der Waals surface area contributed by atoms with Crippen molar-refractivity contribution in [2.45, 2.75) is 126 Å². The van der Waals surface area contributed by atoms with Crippen molar-refractivity contribution >= 4 is 11.9 Å². The zero-order chi connectivity index (χ0) is 26.7. The highest BCUT2D eigenvalue weighted by Crippen LogP contribution is 2.72. The highest BCUT2D eigenvalue weighted by molar-refractivity contribution is 5.85. The molecule has 0 bridgehead atoms. The molecule has 4 nitrogen and oxygen atoms in total. The third-order valence-electron chi connectivity index (χ3n) is 12.2. The summed E-state index contributed by atoms with van der Waals surface area (Å²) < 4.78 is 5.85. The Morgan fingerprint density at radius 1 is 1.00 bits per heavy atom. The van der Waals surface area contributed by atoms with Crippen LogP contribution in [0, 0.1) is 39.4 Å². The second-order valence-corrected chi connectivity index (χ2v) is 14.1. The van der Waals surface area contributed by atoms with Crippen molar-refractivity contribution in [3.05, 3.63) is 22.8 Å². The number of carboxylic acids is 1. The fraction of sp³-hybridized carbons (Fsp3) is 0.812. The number of aliphatic carboxylic acids is 1. The molecule has 0 aromatic carbocycles. The van der Waals surface area contributed by atoms with Crippen LogP contribution < -0.4 is 0 Å². The monoisotopic (exact) mass is 498 g/mol. The van der Waals surface area contributed by atoms with Gasteiger partial charge in [-0.15, -0.1) is 0 Å². The van der Waals surface area contributed by atoms with E-state index in [9.17, 15) is 14.7 Å². The molecule has 36 heavy (non-hydrogen) atoms. The van der Waals surface area contributed by atoms with Crippen LogP contribution >= 0.6 is 0 Å². The Labute approximate surface area is 219 Å². The summed E-state index contributed by atoms with van der Waals surface area (Å²) >= 11 is 0. The van der Waals surface area contributed by atoms with Crippen molar-refractivity contribution in [1.29, 1.82) is 0 Å². The summed E-state index contributed by atoms with van der Waals surface area (Å²) in [4.78, 5) is 23.0. The van der Waals surface area contributed by atoms with Gasteiger partial charge in [-0.25, -0.2) is 4.79 Å². The van der Waals surface area contributed by atoms with Gasteiger partial charge in [-0.1, -0.05) is 58.8 Å². The van der Waals surface area contributed by atoms with E-state index in [0.717, 1.165) is 25.7 Å². The van der Waals surface area contributed by atoms with Crippen LogP contribution in [0.15, 0.2) is 22.8 Å². The lowest BCUT2D eigenvalue weighted by atomic mass is 9.43. The number of allylic oxidation sites excluding steroid dienone is 3. The molecule has 0 radical (unpaired) electrons. The van der Waals surface area contributed by atoms with E-state index in [2.05, 4.69) is 41.5 Å². The predicted molar refractivity (Wildman–Crippen MR) is 144 cm³/mol. The molecular weight excluding hydrogens is 448 g/mol. The number of rotatable bonds is 6. The average molecular weight is 499 g/mol. The molecule has 2 saturated carbocycles. The molecule has 0 amide bonds. The van der Waals surface area contributed by atoms with E-state index in [1.165, 1.54) is 38.5 Å². The van der Waals surface area contributed by atoms with Gasteiger partial charge in [0, 0.05) is 17.9 Å². The molecule has 7 atom stereocenters. The molecule has 1 N–H and O–H groups in total. The van der Waals surface area contributed by atoms with Gasteiger partial charge in [0.1, 0.15) is 6.10 Å². The van der Waals surface area contributed by atoms with Crippen molar-refractivity contribution in [3.8, 4) is 0 Å². The first-order valence-electron chi connectivity index (χ1n) is 14.5. The van der Waals surface area contributed by atoms with Crippen LogP contribution in [0.25, 0.3) is 0 Å². The van der Waals surface area contributed by atoms with Gasteiger partial charge in [0.25, 0.3) is 0 Å². The molecule has 202 valence electrons. The van der Waals surface area contributed by atoms with Crippen LogP contribution in [-0.2, 0) is 14.3 Å².